The van der Waals surface area contributed by atoms with E-state index < -0.39 is 5.54 Å². The first kappa shape index (κ1) is 15.0. The lowest BCUT2D eigenvalue weighted by molar-refractivity contribution is -0.143. The third-order valence-electron chi connectivity index (χ3n) is 3.88. The van der Waals surface area contributed by atoms with Crippen LogP contribution in [0.25, 0.3) is 0 Å². The van der Waals surface area contributed by atoms with E-state index in [9.17, 15) is 9.59 Å². The average molecular weight is 256 g/mol. The molecule has 18 heavy (non-hydrogen) atoms. The Labute approximate surface area is 109 Å². The lowest BCUT2D eigenvalue weighted by Gasteiger charge is -2.33. The number of nitrogens with one attached hydrogen (secondary N) is 2. The van der Waals surface area contributed by atoms with E-state index in [1.807, 2.05) is 13.8 Å². The van der Waals surface area contributed by atoms with E-state index >= 15 is 0 Å². The van der Waals surface area contributed by atoms with Crippen molar-refractivity contribution >= 4 is 11.9 Å². The van der Waals surface area contributed by atoms with Gasteiger partial charge in [0.15, 0.2) is 0 Å². The predicted octanol–water partition coefficient (Wildman–Crippen LogP) is 0.834. The first-order chi connectivity index (χ1) is 8.56. The SMILES string of the molecule is CCC(CC)(CC(=O)OC)NC(=O)C1CCNC1. The molecule has 1 aliphatic rings. The quantitative estimate of drug-likeness (QED) is 0.691. The van der Waals surface area contributed by atoms with Gasteiger partial charge < -0.3 is 15.4 Å². The van der Waals surface area contributed by atoms with Gasteiger partial charge in [-0.25, -0.2) is 0 Å². The van der Waals surface area contributed by atoms with Gasteiger partial charge in [-0.3, -0.25) is 9.59 Å². The maximum atomic E-state index is 12.1. The summed E-state index contributed by atoms with van der Waals surface area (Å²) in [5.74, 6) is -0.198. The van der Waals surface area contributed by atoms with Crippen LogP contribution in [-0.4, -0.2) is 37.6 Å². The highest BCUT2D eigenvalue weighted by atomic mass is 16.5. The maximum Gasteiger partial charge on any atom is 0.307 e. The van der Waals surface area contributed by atoms with Gasteiger partial charge in [0.2, 0.25) is 5.91 Å². The molecule has 0 saturated carbocycles. The number of amides is 1. The Morgan fingerprint density at radius 1 is 1.39 bits per heavy atom. The fourth-order valence-corrected chi connectivity index (χ4v) is 2.31. The van der Waals surface area contributed by atoms with E-state index in [2.05, 4.69) is 10.6 Å². The van der Waals surface area contributed by atoms with E-state index in [4.69, 9.17) is 4.74 Å². The van der Waals surface area contributed by atoms with E-state index in [1.54, 1.807) is 0 Å². The number of carbonyl (C=O) groups is 2. The average Bonchev–Trinajstić information content (AvgIpc) is 2.91. The topological polar surface area (TPSA) is 67.4 Å². The minimum atomic E-state index is -0.466. The number of methoxy groups -OCH3 is 1. The van der Waals surface area contributed by atoms with Crippen LogP contribution in [0.15, 0.2) is 0 Å². The summed E-state index contributed by atoms with van der Waals surface area (Å²) in [6.45, 7) is 5.59. The Hall–Kier alpha value is -1.10. The van der Waals surface area contributed by atoms with Crippen LogP contribution in [0, 0.1) is 5.92 Å². The van der Waals surface area contributed by atoms with Gasteiger partial charge in [-0.15, -0.1) is 0 Å². The van der Waals surface area contributed by atoms with Gasteiger partial charge in [0, 0.05) is 12.1 Å². The molecule has 1 heterocycles. The summed E-state index contributed by atoms with van der Waals surface area (Å²) in [6, 6.07) is 0. The molecule has 1 rings (SSSR count). The molecule has 2 N–H and O–H groups in total. The van der Waals surface area contributed by atoms with Gasteiger partial charge >= 0.3 is 5.97 Å². The molecule has 0 aromatic carbocycles. The number of carbonyl (C=O) groups excluding carboxylic acids is 2. The van der Waals surface area contributed by atoms with Crippen molar-refractivity contribution < 1.29 is 14.3 Å². The second-order valence-electron chi connectivity index (χ2n) is 4.92. The zero-order chi connectivity index (χ0) is 13.6. The van der Waals surface area contributed by atoms with Crippen molar-refractivity contribution in [1.82, 2.24) is 10.6 Å². The van der Waals surface area contributed by atoms with Gasteiger partial charge in [-0.1, -0.05) is 13.8 Å². The summed E-state index contributed by atoms with van der Waals surface area (Å²) in [5.41, 5.74) is -0.466. The normalized spacial score (nSPS) is 19.6. The highest BCUT2D eigenvalue weighted by molar-refractivity contribution is 5.81. The van der Waals surface area contributed by atoms with Crippen LogP contribution in [0.4, 0.5) is 0 Å². The number of rotatable bonds is 6. The molecule has 1 fully saturated rings. The molecular formula is C13H24N2O3. The maximum absolute atomic E-state index is 12.1. The standard InChI is InChI=1S/C13H24N2O3/c1-4-13(5-2,8-11(16)18-3)15-12(17)10-6-7-14-9-10/h10,14H,4-9H2,1-3H3,(H,15,17). The minimum Gasteiger partial charge on any atom is -0.469 e. The van der Waals surface area contributed by atoms with Crippen molar-refractivity contribution in [3.63, 3.8) is 0 Å². The third-order valence-corrected chi connectivity index (χ3v) is 3.88. The molecule has 5 nitrogen and oxygen atoms in total. The van der Waals surface area contributed by atoms with Crippen LogP contribution < -0.4 is 10.6 Å². The Morgan fingerprint density at radius 2 is 2.06 bits per heavy atom. The Kier molecular flexibility index (Phi) is 5.59. The molecule has 0 radical (unpaired) electrons. The molecular weight excluding hydrogens is 232 g/mol. The van der Waals surface area contributed by atoms with Gasteiger partial charge in [-0.2, -0.15) is 0 Å². The molecule has 1 aliphatic heterocycles. The van der Waals surface area contributed by atoms with Crippen molar-refractivity contribution in [1.29, 1.82) is 0 Å². The largest absolute Gasteiger partial charge is 0.469 e. The number of esters is 1. The molecule has 5 heteroatoms. The zero-order valence-electron chi connectivity index (χ0n) is 11.5. The van der Waals surface area contributed by atoms with Gasteiger partial charge in [0.1, 0.15) is 0 Å². The molecule has 0 aromatic rings. The smallest absolute Gasteiger partial charge is 0.307 e. The van der Waals surface area contributed by atoms with Crippen LogP contribution >= 0.6 is 0 Å². The van der Waals surface area contributed by atoms with Crippen molar-refractivity contribution in [2.45, 2.75) is 45.1 Å². The van der Waals surface area contributed by atoms with Gasteiger partial charge in [-0.05, 0) is 25.8 Å². The summed E-state index contributed by atoms with van der Waals surface area (Å²) in [5, 5.41) is 6.23. The summed E-state index contributed by atoms with van der Waals surface area (Å²) in [6.07, 6.45) is 2.56. The van der Waals surface area contributed by atoms with Crippen molar-refractivity contribution in [3.8, 4) is 0 Å². The summed E-state index contributed by atoms with van der Waals surface area (Å²) in [7, 11) is 1.38. The predicted molar refractivity (Wildman–Crippen MR) is 69.1 cm³/mol. The van der Waals surface area contributed by atoms with Crippen LogP contribution in [0.5, 0.6) is 0 Å². The Bertz CT molecular complexity index is 295. The van der Waals surface area contributed by atoms with Crippen LogP contribution in [0.3, 0.4) is 0 Å². The van der Waals surface area contributed by atoms with Crippen molar-refractivity contribution in [2.75, 3.05) is 20.2 Å². The summed E-state index contributed by atoms with van der Waals surface area (Å²) < 4.78 is 4.71. The van der Waals surface area contributed by atoms with E-state index in [0.29, 0.717) is 0 Å². The summed E-state index contributed by atoms with van der Waals surface area (Å²) >= 11 is 0. The molecule has 1 amide bonds. The van der Waals surface area contributed by atoms with E-state index in [1.165, 1.54) is 7.11 Å². The van der Waals surface area contributed by atoms with Crippen molar-refractivity contribution in [3.05, 3.63) is 0 Å². The third kappa shape index (κ3) is 3.70. The Morgan fingerprint density at radius 3 is 2.50 bits per heavy atom. The van der Waals surface area contributed by atoms with Crippen LogP contribution in [0.2, 0.25) is 0 Å². The van der Waals surface area contributed by atoms with Crippen LogP contribution in [0.1, 0.15) is 39.5 Å². The Balaban J connectivity index is 2.65. The minimum absolute atomic E-state index is 0.0279. The molecule has 104 valence electrons. The molecule has 0 aliphatic carbocycles. The summed E-state index contributed by atoms with van der Waals surface area (Å²) in [4.78, 5) is 23.6. The first-order valence-electron chi connectivity index (χ1n) is 6.66. The highest BCUT2D eigenvalue weighted by Gasteiger charge is 2.34. The van der Waals surface area contributed by atoms with Gasteiger partial charge in [0.25, 0.3) is 0 Å². The van der Waals surface area contributed by atoms with Crippen LogP contribution in [-0.2, 0) is 14.3 Å². The molecule has 1 atom stereocenters. The highest BCUT2D eigenvalue weighted by Crippen LogP contribution is 2.22. The molecule has 0 aromatic heterocycles. The fraction of sp³-hybridized carbons (Fsp3) is 0.846. The second kappa shape index (κ2) is 6.73. The van der Waals surface area contributed by atoms with Gasteiger partial charge in [0.05, 0.1) is 19.4 Å². The van der Waals surface area contributed by atoms with E-state index in [0.717, 1.165) is 32.4 Å². The monoisotopic (exact) mass is 256 g/mol. The second-order valence-corrected chi connectivity index (χ2v) is 4.92. The molecule has 0 bridgehead atoms. The first-order valence-corrected chi connectivity index (χ1v) is 6.66. The lowest BCUT2D eigenvalue weighted by atomic mass is 9.88. The number of hydrogen-bond acceptors (Lipinski definition) is 4. The molecule has 0 spiro atoms. The lowest BCUT2D eigenvalue weighted by Crippen LogP contribution is -2.51. The number of hydrogen-bond donors (Lipinski definition) is 2. The van der Waals surface area contributed by atoms with Crippen molar-refractivity contribution in [2.24, 2.45) is 5.92 Å². The molecule has 1 unspecified atom stereocenters. The zero-order valence-corrected chi connectivity index (χ0v) is 11.5. The molecule has 1 saturated heterocycles. The van der Waals surface area contributed by atoms with E-state index in [-0.39, 0.29) is 24.2 Å². The fourth-order valence-electron chi connectivity index (χ4n) is 2.31. The number of ether oxygens (including phenoxy) is 1.